The van der Waals surface area contributed by atoms with Gasteiger partial charge in [-0.3, -0.25) is 14.4 Å². The second-order valence-electron chi connectivity index (χ2n) is 7.42. The van der Waals surface area contributed by atoms with Crippen LogP contribution in [-0.2, 0) is 14.4 Å². The van der Waals surface area contributed by atoms with Crippen molar-refractivity contribution in [1.29, 1.82) is 0 Å². The summed E-state index contributed by atoms with van der Waals surface area (Å²) in [4.78, 5) is 35.3. The molecule has 3 aromatic rings. The molecule has 2 saturated heterocycles. The zero-order valence-electron chi connectivity index (χ0n) is 16.6. The van der Waals surface area contributed by atoms with Gasteiger partial charge in [0.25, 0.3) is 5.91 Å². The van der Waals surface area contributed by atoms with E-state index in [9.17, 15) is 9.59 Å². The number of carbonyl (C=O) groups excluding carboxylic acids is 2. The fraction of sp³-hybridized carbons (Fsp3) is 0.167. The highest BCUT2D eigenvalue weighted by Crippen LogP contribution is 2.47. The third-order valence-corrected chi connectivity index (χ3v) is 6.66. The highest BCUT2D eigenvalue weighted by molar-refractivity contribution is 7.98. The summed E-state index contributed by atoms with van der Waals surface area (Å²) in [6.45, 7) is 0. The van der Waals surface area contributed by atoms with Gasteiger partial charge < -0.3 is 0 Å². The topological polar surface area (TPSA) is 49.9 Å². The van der Waals surface area contributed by atoms with Crippen LogP contribution in [0.15, 0.2) is 83.8 Å². The molecule has 0 N–H and O–H groups in total. The Labute approximate surface area is 189 Å². The maximum atomic E-state index is 13.5. The SMILES string of the molecule is CSc1ccc([C@H]2[C@@H]3C(=O)N(c4ccccc4)C(=O)[C@@H]3ON2c2ccc(Cl)cc2)cc1. The molecule has 156 valence electrons. The highest BCUT2D eigenvalue weighted by Gasteiger charge is 2.60. The van der Waals surface area contributed by atoms with Crippen LogP contribution in [0.4, 0.5) is 11.4 Å². The van der Waals surface area contributed by atoms with Gasteiger partial charge in [0.2, 0.25) is 5.91 Å². The number of nitrogens with zero attached hydrogens (tertiary/aromatic N) is 2. The first kappa shape index (κ1) is 20.1. The molecule has 7 heteroatoms. The van der Waals surface area contributed by atoms with Crippen molar-refractivity contribution in [2.24, 2.45) is 5.92 Å². The number of halogens is 1. The summed E-state index contributed by atoms with van der Waals surface area (Å²) in [5, 5.41) is 2.28. The Morgan fingerprint density at radius 2 is 1.52 bits per heavy atom. The molecule has 0 unspecified atom stereocenters. The van der Waals surface area contributed by atoms with Crippen molar-refractivity contribution in [2.45, 2.75) is 17.0 Å². The molecule has 2 aliphatic rings. The van der Waals surface area contributed by atoms with Crippen LogP contribution in [-0.4, -0.2) is 24.2 Å². The van der Waals surface area contributed by atoms with Crippen molar-refractivity contribution in [2.75, 3.05) is 16.2 Å². The summed E-state index contributed by atoms with van der Waals surface area (Å²) in [5.41, 5.74) is 2.21. The summed E-state index contributed by atoms with van der Waals surface area (Å²) in [5.74, 6) is -1.25. The summed E-state index contributed by atoms with van der Waals surface area (Å²) < 4.78 is 0. The molecular weight excluding hydrogens is 432 g/mol. The van der Waals surface area contributed by atoms with Crippen LogP contribution in [0.1, 0.15) is 11.6 Å². The van der Waals surface area contributed by atoms with Crippen molar-refractivity contribution in [3.8, 4) is 0 Å². The number of thioether (sulfide) groups is 1. The molecule has 2 heterocycles. The molecule has 2 amide bonds. The van der Waals surface area contributed by atoms with Crippen LogP contribution >= 0.6 is 23.4 Å². The Bertz CT molecular complexity index is 1120. The van der Waals surface area contributed by atoms with Gasteiger partial charge in [-0.1, -0.05) is 41.9 Å². The fourth-order valence-corrected chi connectivity index (χ4v) is 4.73. The van der Waals surface area contributed by atoms with Crippen molar-refractivity contribution < 1.29 is 14.4 Å². The number of carbonyl (C=O) groups is 2. The minimum absolute atomic E-state index is 0.253. The number of para-hydroxylation sites is 1. The van der Waals surface area contributed by atoms with Crippen LogP contribution < -0.4 is 9.96 Å². The monoisotopic (exact) mass is 450 g/mol. The number of rotatable bonds is 4. The van der Waals surface area contributed by atoms with E-state index in [0.717, 1.165) is 16.1 Å². The number of imide groups is 1. The lowest BCUT2D eigenvalue weighted by Gasteiger charge is -2.29. The second kappa shape index (κ2) is 8.04. The molecule has 0 bridgehead atoms. The average molecular weight is 451 g/mol. The van der Waals surface area contributed by atoms with Gasteiger partial charge in [-0.2, -0.15) is 0 Å². The molecule has 3 aromatic carbocycles. The van der Waals surface area contributed by atoms with E-state index >= 15 is 0 Å². The highest BCUT2D eigenvalue weighted by atomic mass is 35.5. The van der Waals surface area contributed by atoms with Gasteiger partial charge in [0.05, 0.1) is 17.4 Å². The Hall–Kier alpha value is -2.80. The third-order valence-electron chi connectivity index (χ3n) is 5.67. The number of hydrogen-bond acceptors (Lipinski definition) is 5. The molecule has 3 atom stereocenters. The number of benzene rings is 3. The van der Waals surface area contributed by atoms with Gasteiger partial charge in [0.15, 0.2) is 6.10 Å². The first-order valence-electron chi connectivity index (χ1n) is 9.87. The van der Waals surface area contributed by atoms with E-state index in [4.69, 9.17) is 16.4 Å². The maximum absolute atomic E-state index is 13.5. The molecular formula is C24H19ClN2O3S. The molecule has 0 spiro atoms. The van der Waals surface area contributed by atoms with Gasteiger partial charge in [-0.15, -0.1) is 11.8 Å². The van der Waals surface area contributed by atoms with Gasteiger partial charge in [-0.05, 0) is 60.4 Å². The van der Waals surface area contributed by atoms with Crippen LogP contribution in [0.3, 0.4) is 0 Å². The van der Waals surface area contributed by atoms with Crippen LogP contribution in [0, 0.1) is 5.92 Å². The lowest BCUT2D eigenvalue weighted by atomic mass is 9.90. The molecule has 2 aliphatic heterocycles. The van der Waals surface area contributed by atoms with E-state index in [1.54, 1.807) is 41.1 Å². The molecule has 31 heavy (non-hydrogen) atoms. The summed E-state index contributed by atoms with van der Waals surface area (Å²) in [7, 11) is 0. The van der Waals surface area contributed by atoms with Gasteiger partial charge in [-0.25, -0.2) is 9.96 Å². The first-order chi connectivity index (χ1) is 15.1. The van der Waals surface area contributed by atoms with Crippen LogP contribution in [0.2, 0.25) is 5.02 Å². The lowest BCUT2D eigenvalue weighted by molar-refractivity contribution is -0.126. The fourth-order valence-electron chi connectivity index (χ4n) is 4.20. The lowest BCUT2D eigenvalue weighted by Crippen LogP contribution is -2.37. The van der Waals surface area contributed by atoms with E-state index in [-0.39, 0.29) is 11.8 Å². The minimum atomic E-state index is -0.881. The predicted octanol–water partition coefficient (Wildman–Crippen LogP) is 5.11. The third kappa shape index (κ3) is 3.41. The maximum Gasteiger partial charge on any atom is 0.266 e. The molecule has 0 aromatic heterocycles. The van der Waals surface area contributed by atoms with Crippen molar-refractivity contribution in [3.63, 3.8) is 0 Å². The summed E-state index contributed by atoms with van der Waals surface area (Å²) in [6, 6.07) is 23.8. The smallest absolute Gasteiger partial charge is 0.266 e. The average Bonchev–Trinajstić information content (AvgIpc) is 3.31. The zero-order chi connectivity index (χ0) is 21.5. The molecule has 0 saturated carbocycles. The molecule has 2 fully saturated rings. The van der Waals surface area contributed by atoms with Crippen molar-refractivity contribution >= 4 is 46.6 Å². The minimum Gasteiger partial charge on any atom is -0.273 e. The van der Waals surface area contributed by atoms with E-state index < -0.39 is 18.1 Å². The Morgan fingerprint density at radius 1 is 0.839 bits per heavy atom. The number of hydrogen-bond donors (Lipinski definition) is 0. The molecule has 0 aliphatic carbocycles. The second-order valence-corrected chi connectivity index (χ2v) is 8.74. The van der Waals surface area contributed by atoms with E-state index in [1.807, 2.05) is 60.9 Å². The number of anilines is 2. The van der Waals surface area contributed by atoms with Crippen LogP contribution in [0.25, 0.3) is 0 Å². The first-order valence-corrected chi connectivity index (χ1v) is 11.5. The van der Waals surface area contributed by atoms with Gasteiger partial charge >= 0.3 is 0 Å². The number of fused-ring (bicyclic) bond motifs is 1. The summed E-state index contributed by atoms with van der Waals surface area (Å²) >= 11 is 7.71. The zero-order valence-corrected chi connectivity index (χ0v) is 18.2. The van der Waals surface area contributed by atoms with E-state index in [1.165, 1.54) is 4.90 Å². The Balaban J connectivity index is 1.58. The number of hydroxylamine groups is 1. The molecule has 5 rings (SSSR count). The standard InChI is InChI=1S/C24H19ClN2O3S/c1-31-19-13-7-15(8-14-19)21-20-22(30-27(21)18-11-9-16(25)10-12-18)24(29)26(23(20)28)17-5-3-2-4-6-17/h2-14,20-22H,1H3/t20-,21-,22+/m0/s1. The largest absolute Gasteiger partial charge is 0.273 e. The molecule has 0 radical (unpaired) electrons. The quantitative estimate of drug-likeness (QED) is 0.408. The van der Waals surface area contributed by atoms with E-state index in [2.05, 4.69) is 0 Å². The predicted molar refractivity (Wildman–Crippen MR) is 122 cm³/mol. The Morgan fingerprint density at radius 3 is 2.16 bits per heavy atom. The summed E-state index contributed by atoms with van der Waals surface area (Å²) in [6.07, 6.45) is 1.13. The molecule has 5 nitrogen and oxygen atoms in total. The van der Waals surface area contributed by atoms with Gasteiger partial charge in [0.1, 0.15) is 5.92 Å². The van der Waals surface area contributed by atoms with Crippen molar-refractivity contribution in [1.82, 2.24) is 0 Å². The van der Waals surface area contributed by atoms with Crippen molar-refractivity contribution in [3.05, 3.63) is 89.4 Å². The Kier molecular flexibility index (Phi) is 5.22. The normalized spacial score (nSPS) is 22.8. The van der Waals surface area contributed by atoms with E-state index in [0.29, 0.717) is 10.7 Å². The van der Waals surface area contributed by atoms with Crippen LogP contribution in [0.5, 0.6) is 0 Å². The number of amides is 2. The van der Waals surface area contributed by atoms with Gasteiger partial charge in [0, 0.05) is 9.92 Å².